The molecule has 0 fully saturated rings. The van der Waals surface area contributed by atoms with Crippen LogP contribution in [0.15, 0.2) is 28.9 Å². The van der Waals surface area contributed by atoms with Crippen LogP contribution in [-0.2, 0) is 0 Å². The van der Waals surface area contributed by atoms with E-state index in [-0.39, 0.29) is 5.82 Å². The van der Waals surface area contributed by atoms with E-state index in [1.54, 1.807) is 6.07 Å². The molecule has 0 aliphatic heterocycles. The minimum absolute atomic E-state index is 0.382. The van der Waals surface area contributed by atoms with E-state index in [2.05, 4.69) is 15.9 Å². The number of carboxylic acid groups (broad SMARTS) is 1. The predicted octanol–water partition coefficient (Wildman–Crippen LogP) is 3.07. The average Bonchev–Trinajstić information content (AvgIpc) is 2.39. The predicted molar refractivity (Wildman–Crippen MR) is 53.0 cm³/mol. The van der Waals surface area contributed by atoms with Crippen LogP contribution in [0.1, 0.15) is 0 Å². The Hall–Kier alpha value is -1.36. The highest BCUT2D eigenvalue weighted by molar-refractivity contribution is 9.10. The van der Waals surface area contributed by atoms with E-state index in [9.17, 15) is 9.18 Å². The Balaban J connectivity index is 2.84. The molecule has 3 nitrogen and oxygen atoms in total. The van der Waals surface area contributed by atoms with Crippen molar-refractivity contribution < 1.29 is 14.3 Å². The molecule has 1 heterocycles. The highest BCUT2D eigenvalue weighted by Gasteiger charge is 2.12. The maximum absolute atomic E-state index is 12.8. The summed E-state index contributed by atoms with van der Waals surface area (Å²) in [4.78, 5) is 10.8. The number of halogens is 2. The quantitative estimate of drug-likeness (QED) is 0.788. The normalized spacial score (nSPS) is 10.7. The second-order valence-electron chi connectivity index (χ2n) is 2.79. The molecular formula is C9H5BrFNO2. The molecule has 5 heteroatoms. The minimum Gasteiger partial charge on any atom is -0.464 e. The number of carbonyl (C=O) groups is 1. The highest BCUT2D eigenvalue weighted by atomic mass is 79.9. The van der Waals surface area contributed by atoms with E-state index in [4.69, 9.17) is 5.11 Å². The number of fused-ring (bicyclic) bond motifs is 1. The third kappa shape index (κ3) is 1.29. The molecule has 0 unspecified atom stereocenters. The third-order valence-electron chi connectivity index (χ3n) is 1.91. The molecule has 0 saturated carbocycles. The Kier molecular flexibility index (Phi) is 2.03. The van der Waals surface area contributed by atoms with Gasteiger partial charge in [-0.1, -0.05) is 0 Å². The molecule has 1 N–H and O–H groups in total. The van der Waals surface area contributed by atoms with Gasteiger partial charge in [0.25, 0.3) is 0 Å². The van der Waals surface area contributed by atoms with Crippen LogP contribution in [0.4, 0.5) is 9.18 Å². The Labute approximate surface area is 86.9 Å². The molecule has 2 rings (SSSR count). The molecule has 0 aliphatic rings. The van der Waals surface area contributed by atoms with Gasteiger partial charge in [-0.2, -0.15) is 0 Å². The van der Waals surface area contributed by atoms with Gasteiger partial charge in [0.1, 0.15) is 5.82 Å². The summed E-state index contributed by atoms with van der Waals surface area (Å²) < 4.78 is 14.3. The van der Waals surface area contributed by atoms with E-state index >= 15 is 0 Å². The Morgan fingerprint density at radius 3 is 2.79 bits per heavy atom. The molecule has 2 aromatic rings. The zero-order chi connectivity index (χ0) is 10.3. The van der Waals surface area contributed by atoms with Gasteiger partial charge in [0.2, 0.25) is 0 Å². The zero-order valence-corrected chi connectivity index (χ0v) is 8.45. The van der Waals surface area contributed by atoms with Crippen LogP contribution in [-0.4, -0.2) is 15.8 Å². The summed E-state index contributed by atoms with van der Waals surface area (Å²) in [6, 6.07) is 5.52. The summed E-state index contributed by atoms with van der Waals surface area (Å²) in [5, 5.41) is 9.42. The van der Waals surface area contributed by atoms with Gasteiger partial charge in [-0.25, -0.2) is 13.8 Å². The summed E-state index contributed by atoms with van der Waals surface area (Å²) in [7, 11) is 0. The fourth-order valence-electron chi connectivity index (χ4n) is 1.35. The van der Waals surface area contributed by atoms with Gasteiger partial charge in [-0.3, -0.25) is 0 Å². The first-order valence-electron chi connectivity index (χ1n) is 3.79. The number of aromatic nitrogens is 1. The average molecular weight is 258 g/mol. The van der Waals surface area contributed by atoms with Crippen LogP contribution in [0.5, 0.6) is 0 Å². The van der Waals surface area contributed by atoms with Crippen molar-refractivity contribution in [3.05, 3.63) is 34.7 Å². The van der Waals surface area contributed by atoms with Crippen molar-refractivity contribution in [1.82, 2.24) is 4.57 Å². The van der Waals surface area contributed by atoms with Crippen LogP contribution in [0.25, 0.3) is 10.9 Å². The number of hydrogen-bond acceptors (Lipinski definition) is 1. The van der Waals surface area contributed by atoms with Gasteiger partial charge in [-0.05, 0) is 40.2 Å². The van der Waals surface area contributed by atoms with E-state index < -0.39 is 6.09 Å². The topological polar surface area (TPSA) is 42.2 Å². The lowest BCUT2D eigenvalue weighted by molar-refractivity contribution is 0.197. The summed E-state index contributed by atoms with van der Waals surface area (Å²) in [5.74, 6) is -0.382. The fraction of sp³-hybridized carbons (Fsp3) is 0. The Morgan fingerprint density at radius 2 is 2.14 bits per heavy atom. The summed E-state index contributed by atoms with van der Waals surface area (Å²) >= 11 is 3.09. The molecule has 0 amide bonds. The monoisotopic (exact) mass is 257 g/mol. The molecule has 72 valence electrons. The molecule has 0 saturated heterocycles. The van der Waals surface area contributed by atoms with Crippen LogP contribution >= 0.6 is 15.9 Å². The van der Waals surface area contributed by atoms with Gasteiger partial charge < -0.3 is 5.11 Å². The van der Waals surface area contributed by atoms with Crippen LogP contribution in [0, 0.1) is 5.82 Å². The van der Waals surface area contributed by atoms with Crippen LogP contribution in [0.2, 0.25) is 0 Å². The lowest BCUT2D eigenvalue weighted by Crippen LogP contribution is -2.07. The summed E-state index contributed by atoms with van der Waals surface area (Å²) in [6.07, 6.45) is -1.10. The highest BCUT2D eigenvalue weighted by Crippen LogP contribution is 2.24. The van der Waals surface area contributed by atoms with Gasteiger partial charge >= 0.3 is 6.09 Å². The molecule has 0 spiro atoms. The second-order valence-corrected chi connectivity index (χ2v) is 3.60. The molecule has 0 bridgehead atoms. The van der Waals surface area contributed by atoms with Gasteiger partial charge in [-0.15, -0.1) is 0 Å². The molecular weight excluding hydrogens is 253 g/mol. The Morgan fingerprint density at radius 1 is 1.43 bits per heavy atom. The first-order valence-corrected chi connectivity index (χ1v) is 4.58. The standard InChI is InChI=1S/C9H5BrFNO2/c10-8-4-5-3-6(11)1-2-7(5)12(8)9(13)14/h1-4H,(H,13,14). The van der Waals surface area contributed by atoms with Crippen molar-refractivity contribution in [2.75, 3.05) is 0 Å². The van der Waals surface area contributed by atoms with Gasteiger partial charge in [0.05, 0.1) is 10.1 Å². The van der Waals surface area contributed by atoms with Crippen LogP contribution < -0.4 is 0 Å². The molecule has 0 aliphatic carbocycles. The van der Waals surface area contributed by atoms with Crippen molar-refractivity contribution in [2.24, 2.45) is 0 Å². The van der Waals surface area contributed by atoms with E-state index in [0.29, 0.717) is 15.5 Å². The second kappa shape index (κ2) is 3.09. The number of hydrogen-bond donors (Lipinski definition) is 1. The smallest absolute Gasteiger partial charge is 0.416 e. The van der Waals surface area contributed by atoms with Crippen molar-refractivity contribution in [3.8, 4) is 0 Å². The Bertz CT molecular complexity index is 521. The fourth-order valence-corrected chi connectivity index (χ4v) is 1.94. The summed E-state index contributed by atoms with van der Waals surface area (Å²) in [6.45, 7) is 0. The van der Waals surface area contributed by atoms with Crippen molar-refractivity contribution in [1.29, 1.82) is 0 Å². The summed E-state index contributed by atoms with van der Waals surface area (Å²) in [5.41, 5.74) is 0.464. The van der Waals surface area contributed by atoms with Crippen LogP contribution in [0.3, 0.4) is 0 Å². The van der Waals surface area contributed by atoms with Gasteiger partial charge in [0.15, 0.2) is 0 Å². The largest absolute Gasteiger partial charge is 0.464 e. The first kappa shape index (κ1) is 9.21. The van der Waals surface area contributed by atoms with E-state index in [1.165, 1.54) is 18.2 Å². The number of benzene rings is 1. The molecule has 0 atom stereocenters. The van der Waals surface area contributed by atoms with Crippen molar-refractivity contribution in [3.63, 3.8) is 0 Å². The lowest BCUT2D eigenvalue weighted by Gasteiger charge is -1.98. The number of nitrogens with zero attached hydrogens (tertiary/aromatic N) is 1. The minimum atomic E-state index is -1.10. The molecule has 0 radical (unpaired) electrons. The van der Waals surface area contributed by atoms with Crippen molar-refractivity contribution >= 4 is 32.9 Å². The molecule has 1 aromatic carbocycles. The zero-order valence-electron chi connectivity index (χ0n) is 6.87. The van der Waals surface area contributed by atoms with Gasteiger partial charge in [0, 0.05) is 5.39 Å². The molecule has 1 aromatic heterocycles. The first-order chi connectivity index (χ1) is 6.59. The van der Waals surface area contributed by atoms with E-state index in [0.717, 1.165) is 4.57 Å². The SMILES string of the molecule is O=C(O)n1c(Br)cc2cc(F)ccc21. The van der Waals surface area contributed by atoms with E-state index in [1.807, 2.05) is 0 Å². The lowest BCUT2D eigenvalue weighted by atomic mass is 10.2. The molecule has 14 heavy (non-hydrogen) atoms. The third-order valence-corrected chi connectivity index (χ3v) is 2.49. The maximum Gasteiger partial charge on any atom is 0.416 e. The maximum atomic E-state index is 12.8. The number of rotatable bonds is 0. The van der Waals surface area contributed by atoms with Crippen molar-refractivity contribution in [2.45, 2.75) is 0 Å².